The largest absolute Gasteiger partial charge is 0.379 e. The van der Waals surface area contributed by atoms with E-state index in [1.165, 1.54) is 6.07 Å². The lowest BCUT2D eigenvalue weighted by atomic mass is 10.2. The van der Waals surface area contributed by atoms with Crippen molar-refractivity contribution in [2.24, 2.45) is 5.84 Å². The number of nitrogens with zero attached hydrogens (tertiary/aromatic N) is 1. The van der Waals surface area contributed by atoms with Crippen LogP contribution in [0.25, 0.3) is 0 Å². The number of nitro groups is 1. The summed E-state index contributed by atoms with van der Waals surface area (Å²) in [5, 5.41) is 13.8. The molecule has 0 saturated carbocycles. The highest BCUT2D eigenvalue weighted by atomic mass is 32.2. The van der Waals surface area contributed by atoms with Crippen LogP contribution in [-0.2, 0) is 9.84 Å². The van der Waals surface area contributed by atoms with Gasteiger partial charge in [0, 0.05) is 12.8 Å². The number of nitrogen functional groups attached to an aromatic ring is 1. The van der Waals surface area contributed by atoms with Crippen LogP contribution in [0.5, 0.6) is 0 Å². The molecule has 1 aromatic carbocycles. The van der Waals surface area contributed by atoms with E-state index in [1.54, 1.807) is 12.1 Å². The zero-order valence-electron chi connectivity index (χ0n) is 10.4. The fourth-order valence-electron chi connectivity index (χ4n) is 1.56. The fourth-order valence-corrected chi connectivity index (χ4v) is 2.23. The van der Waals surface area contributed by atoms with Gasteiger partial charge >= 0.3 is 5.69 Å². The van der Waals surface area contributed by atoms with Crippen LogP contribution in [0.2, 0.25) is 0 Å². The van der Waals surface area contributed by atoms with Gasteiger partial charge in [-0.05, 0) is 18.6 Å². The average molecular weight is 288 g/mol. The van der Waals surface area contributed by atoms with Gasteiger partial charge in [0.1, 0.15) is 21.2 Å². The summed E-state index contributed by atoms with van der Waals surface area (Å²) in [5.41, 5.74) is 2.58. The predicted octanol–water partition coefficient (Wildman–Crippen LogP) is 0.727. The lowest BCUT2D eigenvalue weighted by Gasteiger charge is -2.09. The summed E-state index contributed by atoms with van der Waals surface area (Å²) in [7, 11) is -3.02. The molecule has 4 N–H and O–H groups in total. The molecule has 106 valence electrons. The van der Waals surface area contributed by atoms with Gasteiger partial charge in [0.2, 0.25) is 0 Å². The van der Waals surface area contributed by atoms with Gasteiger partial charge in [-0.1, -0.05) is 6.07 Å². The Hall–Kier alpha value is -1.87. The summed E-state index contributed by atoms with van der Waals surface area (Å²) in [6.45, 7) is 0.321. The summed E-state index contributed by atoms with van der Waals surface area (Å²) in [5.74, 6) is 5.24. The molecule has 0 atom stereocenters. The number of hydrazine groups is 1. The molecule has 1 rings (SSSR count). The number of nitrogens with one attached hydrogen (secondary N) is 2. The van der Waals surface area contributed by atoms with E-state index in [2.05, 4.69) is 10.7 Å². The molecule has 1 aromatic rings. The molecule has 0 saturated heterocycles. The monoisotopic (exact) mass is 288 g/mol. The molecule has 19 heavy (non-hydrogen) atoms. The summed E-state index contributed by atoms with van der Waals surface area (Å²) >= 11 is 0. The highest BCUT2D eigenvalue weighted by Crippen LogP contribution is 2.31. The van der Waals surface area contributed by atoms with Crippen molar-refractivity contribution in [3.05, 3.63) is 28.3 Å². The third kappa shape index (κ3) is 4.72. The predicted molar refractivity (Wildman–Crippen MR) is 73.7 cm³/mol. The summed E-state index contributed by atoms with van der Waals surface area (Å²) in [6, 6.07) is 4.64. The van der Waals surface area contributed by atoms with Gasteiger partial charge in [-0.2, -0.15) is 0 Å². The molecule has 0 aliphatic carbocycles. The van der Waals surface area contributed by atoms with Crippen molar-refractivity contribution >= 4 is 26.9 Å². The van der Waals surface area contributed by atoms with Crippen molar-refractivity contribution in [1.82, 2.24) is 0 Å². The first-order valence-electron chi connectivity index (χ1n) is 5.51. The highest BCUT2D eigenvalue weighted by Gasteiger charge is 2.18. The van der Waals surface area contributed by atoms with Gasteiger partial charge < -0.3 is 10.7 Å². The smallest absolute Gasteiger partial charge is 0.316 e. The number of hydrogen-bond acceptors (Lipinski definition) is 7. The van der Waals surface area contributed by atoms with Crippen molar-refractivity contribution in [1.29, 1.82) is 0 Å². The number of nitro benzene ring substituents is 1. The number of benzene rings is 1. The molecule has 0 heterocycles. The van der Waals surface area contributed by atoms with Crippen LogP contribution in [-0.4, -0.2) is 31.9 Å². The summed E-state index contributed by atoms with van der Waals surface area (Å²) in [4.78, 5) is 10.4. The van der Waals surface area contributed by atoms with Gasteiger partial charge in [0.05, 0.1) is 10.7 Å². The third-order valence-electron chi connectivity index (χ3n) is 2.38. The van der Waals surface area contributed by atoms with Crippen LogP contribution in [0, 0.1) is 10.1 Å². The standard InChI is InChI=1S/C10H16N4O4S/c1-19(17,18)7-3-6-12-8-4-2-5-9(13-11)10(8)14(15)16/h2,4-5,12-13H,3,6-7,11H2,1H3. The van der Waals surface area contributed by atoms with Gasteiger partial charge in [0.15, 0.2) is 0 Å². The molecule has 0 radical (unpaired) electrons. The van der Waals surface area contributed by atoms with Crippen molar-refractivity contribution in [2.75, 3.05) is 29.3 Å². The number of rotatable bonds is 7. The lowest BCUT2D eigenvalue weighted by molar-refractivity contribution is -0.383. The maximum absolute atomic E-state index is 11.0. The van der Waals surface area contributed by atoms with Crippen molar-refractivity contribution in [3.8, 4) is 0 Å². The number of hydrogen-bond donors (Lipinski definition) is 3. The van der Waals surface area contributed by atoms with E-state index in [4.69, 9.17) is 5.84 Å². The quantitative estimate of drug-likeness (QED) is 0.292. The maximum Gasteiger partial charge on any atom is 0.316 e. The maximum atomic E-state index is 11.0. The normalized spacial score (nSPS) is 11.1. The van der Waals surface area contributed by atoms with Gasteiger partial charge in [0.25, 0.3) is 0 Å². The minimum absolute atomic E-state index is 0.0304. The minimum Gasteiger partial charge on any atom is -0.379 e. The summed E-state index contributed by atoms with van der Waals surface area (Å²) in [6.07, 6.45) is 1.52. The Labute approximate surface area is 111 Å². The minimum atomic E-state index is -3.02. The van der Waals surface area contributed by atoms with E-state index in [-0.39, 0.29) is 17.1 Å². The van der Waals surface area contributed by atoms with Crippen molar-refractivity contribution in [2.45, 2.75) is 6.42 Å². The third-order valence-corrected chi connectivity index (χ3v) is 3.41. The van der Waals surface area contributed by atoms with Crippen molar-refractivity contribution < 1.29 is 13.3 Å². The van der Waals surface area contributed by atoms with E-state index >= 15 is 0 Å². The molecule has 0 aliphatic rings. The van der Waals surface area contributed by atoms with Crippen LogP contribution in [0.15, 0.2) is 18.2 Å². The number of sulfone groups is 1. The second kappa shape index (κ2) is 6.34. The lowest BCUT2D eigenvalue weighted by Crippen LogP contribution is -2.13. The zero-order valence-corrected chi connectivity index (χ0v) is 11.2. The first kappa shape index (κ1) is 15.2. The second-order valence-corrected chi connectivity index (χ2v) is 6.27. The Kier molecular flexibility index (Phi) is 5.07. The van der Waals surface area contributed by atoms with Gasteiger partial charge in [-0.3, -0.25) is 16.0 Å². The molecule has 0 fully saturated rings. The van der Waals surface area contributed by atoms with E-state index in [0.29, 0.717) is 18.7 Å². The van der Waals surface area contributed by atoms with Crippen LogP contribution in [0.3, 0.4) is 0 Å². The van der Waals surface area contributed by atoms with Gasteiger partial charge in [-0.25, -0.2) is 8.42 Å². The van der Waals surface area contributed by atoms with E-state index in [9.17, 15) is 18.5 Å². The summed E-state index contributed by atoms with van der Waals surface area (Å²) < 4.78 is 21.9. The Morgan fingerprint density at radius 2 is 2.00 bits per heavy atom. The molecule has 0 aromatic heterocycles. The van der Waals surface area contributed by atoms with Crippen LogP contribution in [0.4, 0.5) is 17.1 Å². The number of nitrogens with two attached hydrogens (primary N) is 1. The Morgan fingerprint density at radius 1 is 1.37 bits per heavy atom. The molecular weight excluding hydrogens is 272 g/mol. The number of para-hydroxylation sites is 1. The van der Waals surface area contributed by atoms with E-state index in [0.717, 1.165) is 6.26 Å². The SMILES string of the molecule is CS(=O)(=O)CCCNc1cccc(NN)c1[N+](=O)[O-]. The van der Waals surface area contributed by atoms with E-state index < -0.39 is 14.8 Å². The highest BCUT2D eigenvalue weighted by molar-refractivity contribution is 7.90. The molecule has 9 heteroatoms. The average Bonchev–Trinajstić information content (AvgIpc) is 2.32. The first-order valence-corrected chi connectivity index (χ1v) is 7.57. The Balaban J connectivity index is 2.76. The van der Waals surface area contributed by atoms with Crippen molar-refractivity contribution in [3.63, 3.8) is 0 Å². The molecule has 0 aliphatic heterocycles. The molecule has 0 spiro atoms. The first-order chi connectivity index (χ1) is 8.85. The second-order valence-electron chi connectivity index (χ2n) is 4.01. The molecule has 0 unspecified atom stereocenters. The fraction of sp³-hybridized carbons (Fsp3) is 0.400. The van der Waals surface area contributed by atoms with E-state index in [1.807, 2.05) is 0 Å². The molecule has 8 nitrogen and oxygen atoms in total. The van der Waals surface area contributed by atoms with Crippen LogP contribution < -0.4 is 16.6 Å². The topological polar surface area (TPSA) is 127 Å². The molecular formula is C10H16N4O4S. The molecule has 0 amide bonds. The van der Waals surface area contributed by atoms with Crippen LogP contribution in [0.1, 0.15) is 6.42 Å². The Morgan fingerprint density at radius 3 is 2.53 bits per heavy atom. The van der Waals surface area contributed by atoms with Gasteiger partial charge in [-0.15, -0.1) is 0 Å². The Bertz CT molecular complexity index is 559. The zero-order chi connectivity index (χ0) is 14.5. The number of anilines is 2. The van der Waals surface area contributed by atoms with Crippen LogP contribution >= 0.6 is 0 Å². The molecule has 0 bridgehead atoms.